The van der Waals surface area contributed by atoms with E-state index in [2.05, 4.69) is 10.0 Å². The van der Waals surface area contributed by atoms with Crippen LogP contribution < -0.4 is 10.0 Å². The van der Waals surface area contributed by atoms with Crippen LogP contribution in [0.3, 0.4) is 0 Å². The fourth-order valence-electron chi connectivity index (χ4n) is 1.66. The van der Waals surface area contributed by atoms with Gasteiger partial charge in [-0.15, -0.1) is 0 Å². The van der Waals surface area contributed by atoms with Crippen molar-refractivity contribution < 1.29 is 12.8 Å². The predicted octanol–water partition coefficient (Wildman–Crippen LogP) is 2.35. The summed E-state index contributed by atoms with van der Waals surface area (Å²) in [5.41, 5.74) is 1.53. The van der Waals surface area contributed by atoms with Crippen molar-refractivity contribution in [1.29, 1.82) is 0 Å². The van der Waals surface area contributed by atoms with Gasteiger partial charge < -0.3 is 5.32 Å². The van der Waals surface area contributed by atoms with E-state index in [1.54, 1.807) is 31.3 Å². The lowest BCUT2D eigenvalue weighted by atomic mass is 10.2. The molecule has 0 heterocycles. The highest BCUT2D eigenvalue weighted by Crippen LogP contribution is 2.14. The highest BCUT2D eigenvalue weighted by Gasteiger charge is 2.13. The Bertz CT molecular complexity index is 667. The summed E-state index contributed by atoms with van der Waals surface area (Å²) in [5, 5.41) is 2.92. The Labute approximate surface area is 117 Å². The summed E-state index contributed by atoms with van der Waals surface area (Å²) in [5.74, 6) is -0.348. The highest BCUT2D eigenvalue weighted by molar-refractivity contribution is 7.89. The summed E-state index contributed by atoms with van der Waals surface area (Å²) < 4.78 is 39.4. The van der Waals surface area contributed by atoms with E-state index in [1.165, 1.54) is 24.3 Å². The Hall–Kier alpha value is -1.92. The molecule has 0 aliphatic rings. The van der Waals surface area contributed by atoms with Gasteiger partial charge in [0.1, 0.15) is 5.82 Å². The van der Waals surface area contributed by atoms with Crippen molar-refractivity contribution in [2.24, 2.45) is 0 Å². The summed E-state index contributed by atoms with van der Waals surface area (Å²) in [4.78, 5) is 0.193. The number of nitrogens with one attached hydrogen (secondary N) is 2. The third kappa shape index (κ3) is 3.55. The summed E-state index contributed by atoms with van der Waals surface area (Å²) in [6.45, 7) is 0.121. The van der Waals surface area contributed by atoms with Crippen LogP contribution in [0.15, 0.2) is 53.4 Å². The second-order valence-corrected chi connectivity index (χ2v) is 5.99. The molecule has 6 heteroatoms. The fraction of sp³-hybridized carbons (Fsp3) is 0.143. The van der Waals surface area contributed by atoms with Crippen molar-refractivity contribution in [3.8, 4) is 0 Å². The van der Waals surface area contributed by atoms with Crippen molar-refractivity contribution >= 4 is 15.7 Å². The van der Waals surface area contributed by atoms with Gasteiger partial charge in [-0.3, -0.25) is 0 Å². The molecule has 0 aromatic heterocycles. The Kier molecular flexibility index (Phi) is 4.36. The Morgan fingerprint density at radius 3 is 2.15 bits per heavy atom. The second-order valence-electron chi connectivity index (χ2n) is 4.23. The van der Waals surface area contributed by atoms with Crippen LogP contribution in [0.4, 0.5) is 10.1 Å². The Morgan fingerprint density at radius 2 is 1.60 bits per heavy atom. The smallest absolute Gasteiger partial charge is 0.240 e. The van der Waals surface area contributed by atoms with Crippen LogP contribution in [-0.4, -0.2) is 15.5 Å². The Balaban J connectivity index is 2.08. The maximum Gasteiger partial charge on any atom is 0.240 e. The van der Waals surface area contributed by atoms with Crippen LogP contribution in [0.5, 0.6) is 0 Å². The molecule has 0 bridgehead atoms. The average Bonchev–Trinajstić information content (AvgIpc) is 2.47. The van der Waals surface area contributed by atoms with Crippen LogP contribution >= 0.6 is 0 Å². The zero-order valence-corrected chi connectivity index (χ0v) is 11.7. The number of benzene rings is 2. The maximum atomic E-state index is 12.8. The largest absolute Gasteiger partial charge is 0.388 e. The van der Waals surface area contributed by atoms with Gasteiger partial charge in [0.05, 0.1) is 4.90 Å². The van der Waals surface area contributed by atoms with E-state index in [0.29, 0.717) is 5.56 Å². The number of hydrogen-bond donors (Lipinski definition) is 2. The molecule has 2 aromatic carbocycles. The first kappa shape index (κ1) is 14.5. The molecule has 0 fully saturated rings. The molecule has 0 aliphatic heterocycles. The van der Waals surface area contributed by atoms with Gasteiger partial charge in [-0.1, -0.05) is 12.1 Å². The van der Waals surface area contributed by atoms with Gasteiger partial charge in [0, 0.05) is 19.3 Å². The maximum absolute atomic E-state index is 12.8. The Morgan fingerprint density at radius 1 is 1.00 bits per heavy atom. The molecule has 20 heavy (non-hydrogen) atoms. The zero-order valence-electron chi connectivity index (χ0n) is 10.9. The molecule has 106 valence electrons. The van der Waals surface area contributed by atoms with Gasteiger partial charge in [0.2, 0.25) is 10.0 Å². The van der Waals surface area contributed by atoms with Gasteiger partial charge in [0.15, 0.2) is 0 Å². The first-order valence-electron chi connectivity index (χ1n) is 6.03. The molecular formula is C14H15FN2O2S. The lowest BCUT2D eigenvalue weighted by Gasteiger charge is -2.08. The van der Waals surface area contributed by atoms with Crippen molar-refractivity contribution in [2.75, 3.05) is 12.4 Å². The van der Waals surface area contributed by atoms with E-state index in [9.17, 15) is 12.8 Å². The SMILES string of the molecule is CNc1ccc(S(=O)(=O)NCc2ccc(F)cc2)cc1. The normalized spacial score (nSPS) is 11.3. The minimum atomic E-state index is -3.57. The molecule has 4 nitrogen and oxygen atoms in total. The van der Waals surface area contributed by atoms with E-state index in [-0.39, 0.29) is 17.3 Å². The molecule has 2 aromatic rings. The van der Waals surface area contributed by atoms with Crippen molar-refractivity contribution in [1.82, 2.24) is 4.72 Å². The van der Waals surface area contributed by atoms with E-state index in [0.717, 1.165) is 5.69 Å². The van der Waals surface area contributed by atoms with E-state index in [4.69, 9.17) is 0 Å². The van der Waals surface area contributed by atoms with Gasteiger partial charge in [-0.2, -0.15) is 0 Å². The van der Waals surface area contributed by atoms with Crippen LogP contribution in [-0.2, 0) is 16.6 Å². The van der Waals surface area contributed by atoms with Crippen LogP contribution in [0.2, 0.25) is 0 Å². The van der Waals surface area contributed by atoms with E-state index in [1.807, 2.05) is 0 Å². The molecule has 0 saturated heterocycles. The standard InChI is InChI=1S/C14H15FN2O2S/c1-16-13-6-8-14(9-7-13)20(18,19)17-10-11-2-4-12(15)5-3-11/h2-9,16-17H,10H2,1H3. The summed E-state index contributed by atoms with van der Waals surface area (Å²) in [7, 11) is -1.80. The molecular weight excluding hydrogens is 279 g/mol. The van der Waals surface area contributed by atoms with Gasteiger partial charge in [-0.25, -0.2) is 17.5 Å². The van der Waals surface area contributed by atoms with Crippen LogP contribution in [0.25, 0.3) is 0 Å². The van der Waals surface area contributed by atoms with Crippen molar-refractivity contribution in [3.63, 3.8) is 0 Å². The third-order valence-corrected chi connectivity index (χ3v) is 4.25. The number of rotatable bonds is 5. The zero-order chi connectivity index (χ0) is 14.6. The van der Waals surface area contributed by atoms with Crippen LogP contribution in [0.1, 0.15) is 5.56 Å². The topological polar surface area (TPSA) is 58.2 Å². The number of sulfonamides is 1. The lowest BCUT2D eigenvalue weighted by molar-refractivity contribution is 0.581. The molecule has 0 unspecified atom stereocenters. The molecule has 0 aliphatic carbocycles. The monoisotopic (exact) mass is 294 g/mol. The van der Waals surface area contributed by atoms with Gasteiger partial charge >= 0.3 is 0 Å². The summed E-state index contributed by atoms with van der Waals surface area (Å²) in [6.07, 6.45) is 0. The molecule has 0 radical (unpaired) electrons. The highest BCUT2D eigenvalue weighted by atomic mass is 32.2. The third-order valence-electron chi connectivity index (χ3n) is 2.83. The first-order valence-corrected chi connectivity index (χ1v) is 7.51. The van der Waals surface area contributed by atoms with Gasteiger partial charge in [-0.05, 0) is 42.0 Å². The number of hydrogen-bond acceptors (Lipinski definition) is 3. The summed E-state index contributed by atoms with van der Waals surface area (Å²) in [6, 6.07) is 12.1. The molecule has 2 rings (SSSR count). The second kappa shape index (κ2) is 6.02. The van der Waals surface area contributed by atoms with Crippen LogP contribution in [0, 0.1) is 5.82 Å². The number of halogens is 1. The lowest BCUT2D eigenvalue weighted by Crippen LogP contribution is -2.23. The predicted molar refractivity (Wildman–Crippen MR) is 76.4 cm³/mol. The average molecular weight is 294 g/mol. The quantitative estimate of drug-likeness (QED) is 0.890. The van der Waals surface area contributed by atoms with Crippen molar-refractivity contribution in [2.45, 2.75) is 11.4 Å². The molecule has 0 amide bonds. The minimum absolute atomic E-state index is 0.121. The molecule has 0 atom stereocenters. The van der Waals surface area contributed by atoms with E-state index < -0.39 is 10.0 Å². The van der Waals surface area contributed by atoms with Gasteiger partial charge in [0.25, 0.3) is 0 Å². The minimum Gasteiger partial charge on any atom is -0.388 e. The molecule has 2 N–H and O–H groups in total. The molecule has 0 spiro atoms. The summed E-state index contributed by atoms with van der Waals surface area (Å²) >= 11 is 0. The number of anilines is 1. The van der Waals surface area contributed by atoms with Crippen molar-refractivity contribution in [3.05, 3.63) is 59.9 Å². The fourth-order valence-corrected chi connectivity index (χ4v) is 2.68. The first-order chi connectivity index (χ1) is 9.51. The molecule has 0 saturated carbocycles. The van der Waals surface area contributed by atoms with E-state index >= 15 is 0 Å².